The Bertz CT molecular complexity index is 3140. The number of thiophene rings is 1. The van der Waals surface area contributed by atoms with E-state index in [1.165, 1.54) is 76.1 Å². The third kappa shape index (κ3) is 4.78. The van der Waals surface area contributed by atoms with Crippen LogP contribution in [0.5, 0.6) is 0 Å². The quantitative estimate of drug-likeness (QED) is 0.173. The highest BCUT2D eigenvalue weighted by Crippen LogP contribution is 2.64. The van der Waals surface area contributed by atoms with Gasteiger partial charge in [-0.15, -0.1) is 11.3 Å². The maximum absolute atomic E-state index is 2.49. The average Bonchev–Trinajstić information content (AvgIpc) is 3.81. The molecule has 2 heterocycles. The van der Waals surface area contributed by atoms with Crippen molar-refractivity contribution >= 4 is 65.6 Å². The molecule has 1 spiro atoms. The first-order valence-corrected chi connectivity index (χ1v) is 20.7. The van der Waals surface area contributed by atoms with Crippen LogP contribution in [0, 0.1) is 0 Å². The summed E-state index contributed by atoms with van der Waals surface area (Å²) in [6, 6.07) is 80.6. The van der Waals surface area contributed by atoms with Gasteiger partial charge in [0.25, 0.3) is 0 Å². The topological polar surface area (TPSA) is 6.48 Å². The molecule has 3 heteroatoms. The zero-order valence-electron chi connectivity index (χ0n) is 31.6. The largest absolute Gasteiger partial charge is 0.310 e. The van der Waals surface area contributed by atoms with Crippen LogP contribution in [-0.2, 0) is 5.41 Å². The molecule has 2 aliphatic rings. The number of anilines is 6. The molecule has 0 saturated carbocycles. The van der Waals surface area contributed by atoms with Gasteiger partial charge in [-0.3, -0.25) is 0 Å². The molecular formula is C55H36N2S. The molecule has 0 bridgehead atoms. The molecule has 0 saturated heterocycles. The fourth-order valence-electron chi connectivity index (χ4n) is 9.82. The lowest BCUT2D eigenvalue weighted by molar-refractivity contribution is 0.752. The fourth-order valence-corrected chi connectivity index (χ4v) is 10.9. The standard InChI is InChI=1S/C55H36N2S/c1-3-15-37(16-4-1)38-27-29-40(30-28-38)56(41-32-34-54-46(35-41)45-20-8-14-26-53(45)58-54)42-31-33-44-43-19-7-9-21-47(43)55(50(44)36-42)48-22-10-12-24-51(48)57(39-17-5-2-6-18-39)52-25-13-11-23-49(52)55/h1-36H. The second kappa shape index (κ2) is 12.9. The van der Waals surface area contributed by atoms with Crippen molar-refractivity contribution in [2.45, 2.75) is 5.41 Å². The molecule has 12 rings (SSSR count). The molecule has 272 valence electrons. The minimum Gasteiger partial charge on any atom is -0.310 e. The van der Waals surface area contributed by atoms with Gasteiger partial charge in [0.05, 0.1) is 16.8 Å². The van der Waals surface area contributed by atoms with Crippen molar-refractivity contribution in [2.75, 3.05) is 9.80 Å². The molecule has 0 amide bonds. The number of hydrogen-bond donors (Lipinski definition) is 0. The molecule has 9 aromatic carbocycles. The average molecular weight is 757 g/mol. The van der Waals surface area contributed by atoms with Crippen molar-refractivity contribution in [3.63, 3.8) is 0 Å². The molecule has 0 N–H and O–H groups in total. The van der Waals surface area contributed by atoms with E-state index in [1.54, 1.807) is 0 Å². The Morgan fingerprint density at radius 3 is 1.66 bits per heavy atom. The monoisotopic (exact) mass is 756 g/mol. The Morgan fingerprint density at radius 1 is 0.362 bits per heavy atom. The lowest BCUT2D eigenvalue weighted by atomic mass is 9.64. The smallest absolute Gasteiger partial charge is 0.0755 e. The Labute approximate surface area is 342 Å². The van der Waals surface area contributed by atoms with Gasteiger partial charge in [-0.1, -0.05) is 146 Å². The summed E-state index contributed by atoms with van der Waals surface area (Å²) < 4.78 is 2.61. The van der Waals surface area contributed by atoms with Gasteiger partial charge in [0.1, 0.15) is 0 Å². The van der Waals surface area contributed by atoms with Gasteiger partial charge in [0.2, 0.25) is 0 Å². The Morgan fingerprint density at radius 2 is 0.897 bits per heavy atom. The number of hydrogen-bond acceptors (Lipinski definition) is 3. The molecule has 0 fully saturated rings. The van der Waals surface area contributed by atoms with Crippen LogP contribution in [0.3, 0.4) is 0 Å². The first kappa shape index (κ1) is 33.0. The minimum atomic E-state index is -0.545. The summed E-state index contributed by atoms with van der Waals surface area (Å²) in [4.78, 5) is 4.90. The van der Waals surface area contributed by atoms with Gasteiger partial charge in [0, 0.05) is 42.9 Å². The van der Waals surface area contributed by atoms with Crippen LogP contribution in [0.25, 0.3) is 42.4 Å². The second-order valence-corrected chi connectivity index (χ2v) is 16.3. The predicted octanol–water partition coefficient (Wildman–Crippen LogP) is 15.3. The molecule has 58 heavy (non-hydrogen) atoms. The van der Waals surface area contributed by atoms with E-state index in [9.17, 15) is 0 Å². The highest BCUT2D eigenvalue weighted by Gasteiger charge is 2.51. The number of benzene rings is 9. The SMILES string of the molecule is c1ccc(-c2ccc(N(c3ccc4c(c3)C3(c5ccccc5-4)c4ccccc4N(c4ccccc4)c4ccccc43)c3ccc4sc5ccccc5c4c3)cc2)cc1. The summed E-state index contributed by atoms with van der Waals surface area (Å²) in [5, 5.41) is 2.58. The highest BCUT2D eigenvalue weighted by atomic mass is 32.1. The predicted molar refractivity (Wildman–Crippen MR) is 245 cm³/mol. The maximum Gasteiger partial charge on any atom is 0.0755 e. The minimum absolute atomic E-state index is 0.545. The third-order valence-electron chi connectivity index (χ3n) is 12.3. The van der Waals surface area contributed by atoms with Gasteiger partial charge in [0.15, 0.2) is 0 Å². The Kier molecular flexibility index (Phi) is 7.35. The Balaban J connectivity index is 1.12. The van der Waals surface area contributed by atoms with Crippen LogP contribution in [-0.4, -0.2) is 0 Å². The van der Waals surface area contributed by atoms with Crippen molar-refractivity contribution in [3.05, 3.63) is 241 Å². The summed E-state index contributed by atoms with van der Waals surface area (Å²) in [5.74, 6) is 0. The van der Waals surface area contributed by atoms with Gasteiger partial charge in [-0.2, -0.15) is 0 Å². The van der Waals surface area contributed by atoms with Crippen LogP contribution in [0.1, 0.15) is 22.3 Å². The maximum atomic E-state index is 2.49. The molecule has 1 aliphatic carbocycles. The van der Waals surface area contributed by atoms with Crippen molar-refractivity contribution in [1.29, 1.82) is 0 Å². The zero-order chi connectivity index (χ0) is 38.2. The van der Waals surface area contributed by atoms with E-state index in [0.29, 0.717) is 0 Å². The first-order chi connectivity index (χ1) is 28.8. The van der Waals surface area contributed by atoms with E-state index in [4.69, 9.17) is 0 Å². The van der Waals surface area contributed by atoms with Crippen molar-refractivity contribution in [3.8, 4) is 22.3 Å². The lowest BCUT2D eigenvalue weighted by Gasteiger charge is -2.45. The van der Waals surface area contributed by atoms with Crippen molar-refractivity contribution < 1.29 is 0 Å². The van der Waals surface area contributed by atoms with Crippen molar-refractivity contribution in [1.82, 2.24) is 0 Å². The molecular weight excluding hydrogens is 721 g/mol. The van der Waals surface area contributed by atoms with Gasteiger partial charge in [-0.05, 0) is 117 Å². The summed E-state index contributed by atoms with van der Waals surface area (Å²) in [6.45, 7) is 0. The van der Waals surface area contributed by atoms with E-state index < -0.39 is 5.41 Å². The molecule has 1 aromatic heterocycles. The third-order valence-corrected chi connectivity index (χ3v) is 13.4. The van der Waals surface area contributed by atoms with Crippen LogP contribution in [0.4, 0.5) is 34.1 Å². The van der Waals surface area contributed by atoms with Crippen molar-refractivity contribution in [2.24, 2.45) is 0 Å². The lowest BCUT2D eigenvalue weighted by Crippen LogP contribution is -2.36. The van der Waals surface area contributed by atoms with E-state index >= 15 is 0 Å². The zero-order valence-corrected chi connectivity index (χ0v) is 32.4. The van der Waals surface area contributed by atoms with Gasteiger partial charge >= 0.3 is 0 Å². The van der Waals surface area contributed by atoms with Gasteiger partial charge in [-0.25, -0.2) is 0 Å². The second-order valence-electron chi connectivity index (χ2n) is 15.3. The molecule has 10 aromatic rings. The molecule has 0 atom stereocenters. The summed E-state index contributed by atoms with van der Waals surface area (Å²) in [7, 11) is 0. The molecule has 2 nitrogen and oxygen atoms in total. The summed E-state index contributed by atoms with van der Waals surface area (Å²) >= 11 is 1.86. The van der Waals surface area contributed by atoms with Gasteiger partial charge < -0.3 is 9.80 Å². The number of fused-ring (bicyclic) bond motifs is 12. The van der Waals surface area contributed by atoms with E-state index in [1.807, 2.05) is 11.3 Å². The van der Waals surface area contributed by atoms with Crippen LogP contribution < -0.4 is 9.80 Å². The highest BCUT2D eigenvalue weighted by molar-refractivity contribution is 7.25. The normalized spacial score (nSPS) is 13.3. The first-order valence-electron chi connectivity index (χ1n) is 19.9. The Hall–Kier alpha value is -7.20. The fraction of sp³-hybridized carbons (Fsp3) is 0.0182. The van der Waals surface area contributed by atoms with E-state index in [2.05, 4.69) is 228 Å². The summed E-state index contributed by atoms with van der Waals surface area (Å²) in [6.07, 6.45) is 0. The van der Waals surface area contributed by atoms with Crippen LogP contribution >= 0.6 is 11.3 Å². The van der Waals surface area contributed by atoms with Crippen LogP contribution in [0.15, 0.2) is 218 Å². The number of nitrogens with zero attached hydrogens (tertiary/aromatic N) is 2. The van der Waals surface area contributed by atoms with E-state index in [-0.39, 0.29) is 0 Å². The van der Waals surface area contributed by atoms with E-state index in [0.717, 1.165) is 22.7 Å². The van der Waals surface area contributed by atoms with Crippen LogP contribution in [0.2, 0.25) is 0 Å². The number of para-hydroxylation sites is 3. The molecule has 0 radical (unpaired) electrons. The summed E-state index contributed by atoms with van der Waals surface area (Å²) in [5.41, 5.74) is 16.5. The molecule has 1 aliphatic heterocycles. The number of rotatable bonds is 5. The molecule has 0 unspecified atom stereocenters.